The average molecular weight is 277 g/mol. The molecule has 0 aliphatic carbocycles. The van der Waals surface area contributed by atoms with Gasteiger partial charge in [0.25, 0.3) is 0 Å². The number of aromatic hydroxyl groups is 1. The Labute approximate surface area is 122 Å². The average Bonchev–Trinajstić information content (AvgIpc) is 2.26. The molecule has 0 atom stereocenters. The van der Waals surface area contributed by atoms with Gasteiger partial charge in [-0.2, -0.15) is 0 Å². The van der Waals surface area contributed by atoms with Crippen LogP contribution in [-0.4, -0.2) is 17.7 Å². The number of rotatable bonds is 2. The van der Waals surface area contributed by atoms with E-state index >= 15 is 0 Å². The largest absolute Gasteiger partial charge is 0.507 e. The van der Waals surface area contributed by atoms with Gasteiger partial charge in [-0.05, 0) is 29.9 Å². The Morgan fingerprint density at radius 3 is 1.80 bits per heavy atom. The van der Waals surface area contributed by atoms with Crippen LogP contribution < -0.4 is 0 Å². The second-order valence-electron chi connectivity index (χ2n) is 7.06. The number of phenolic OH excluding ortho intramolecular Hbond substituents is 1. The van der Waals surface area contributed by atoms with E-state index in [-0.39, 0.29) is 23.2 Å². The van der Waals surface area contributed by atoms with E-state index in [2.05, 4.69) is 6.92 Å². The predicted octanol–water partition coefficient (Wildman–Crippen LogP) is 3.98. The second kappa shape index (κ2) is 5.47. The third kappa shape index (κ3) is 3.53. The summed E-state index contributed by atoms with van der Waals surface area (Å²) < 4.78 is 4.97. The fourth-order valence-corrected chi connectivity index (χ4v) is 2.07. The number of esters is 1. The standard InChI is InChI=1S/C17H25O3/c1-8-20-15(19)11-9-12(16(2,3)4)14(18)13(10-11)17(5,6)7/h9-10,18H,1,8H2,2-7H3. The summed E-state index contributed by atoms with van der Waals surface area (Å²) in [6.07, 6.45) is 0. The molecule has 1 radical (unpaired) electrons. The zero-order chi connectivity index (χ0) is 15.7. The highest BCUT2D eigenvalue weighted by molar-refractivity contribution is 5.90. The van der Waals surface area contributed by atoms with Crippen molar-refractivity contribution in [1.29, 1.82) is 0 Å². The molecule has 1 N–H and O–H groups in total. The predicted molar refractivity (Wildman–Crippen MR) is 81.1 cm³/mol. The van der Waals surface area contributed by atoms with Gasteiger partial charge in [-0.1, -0.05) is 41.5 Å². The zero-order valence-corrected chi connectivity index (χ0v) is 13.3. The molecule has 0 saturated carbocycles. The Bertz CT molecular complexity index is 467. The van der Waals surface area contributed by atoms with Crippen LogP contribution in [0.15, 0.2) is 12.1 Å². The first-order valence-electron chi connectivity index (χ1n) is 6.83. The van der Waals surface area contributed by atoms with Gasteiger partial charge in [-0.15, -0.1) is 0 Å². The summed E-state index contributed by atoms with van der Waals surface area (Å²) in [5.74, 6) is -0.146. The lowest BCUT2D eigenvalue weighted by atomic mass is 9.78. The van der Waals surface area contributed by atoms with Crippen LogP contribution in [0.25, 0.3) is 0 Å². The molecule has 1 aromatic rings. The van der Waals surface area contributed by atoms with Crippen molar-refractivity contribution < 1.29 is 14.6 Å². The van der Waals surface area contributed by atoms with Crippen molar-refractivity contribution in [2.24, 2.45) is 0 Å². The van der Waals surface area contributed by atoms with Crippen molar-refractivity contribution in [2.45, 2.75) is 52.4 Å². The molecular weight excluding hydrogens is 252 g/mol. The van der Waals surface area contributed by atoms with E-state index in [0.717, 1.165) is 11.1 Å². The summed E-state index contributed by atoms with van der Waals surface area (Å²) in [4.78, 5) is 12.0. The topological polar surface area (TPSA) is 46.5 Å². The van der Waals surface area contributed by atoms with Crippen LogP contribution in [0.2, 0.25) is 0 Å². The van der Waals surface area contributed by atoms with Crippen molar-refractivity contribution in [3.8, 4) is 5.75 Å². The molecule has 1 rings (SSSR count). The number of hydrogen-bond donors (Lipinski definition) is 1. The van der Waals surface area contributed by atoms with Crippen LogP contribution in [0.1, 0.15) is 63.0 Å². The van der Waals surface area contributed by atoms with E-state index in [1.807, 2.05) is 41.5 Å². The highest BCUT2D eigenvalue weighted by atomic mass is 16.5. The van der Waals surface area contributed by atoms with E-state index in [0.29, 0.717) is 5.56 Å². The van der Waals surface area contributed by atoms with Crippen molar-refractivity contribution in [3.63, 3.8) is 0 Å². The molecule has 0 saturated heterocycles. The molecule has 3 nitrogen and oxygen atoms in total. The van der Waals surface area contributed by atoms with Crippen molar-refractivity contribution in [1.82, 2.24) is 0 Å². The molecule has 3 heteroatoms. The van der Waals surface area contributed by atoms with Gasteiger partial charge in [-0.3, -0.25) is 0 Å². The number of benzene rings is 1. The third-order valence-electron chi connectivity index (χ3n) is 3.19. The summed E-state index contributed by atoms with van der Waals surface area (Å²) in [7, 11) is 0. The lowest BCUT2D eigenvalue weighted by Gasteiger charge is -2.27. The maximum Gasteiger partial charge on any atom is 0.338 e. The highest BCUT2D eigenvalue weighted by Gasteiger charge is 2.28. The van der Waals surface area contributed by atoms with E-state index < -0.39 is 5.97 Å². The Kier molecular flexibility index (Phi) is 4.52. The summed E-state index contributed by atoms with van der Waals surface area (Å²) in [6.45, 7) is 15.6. The molecule has 1 aromatic carbocycles. The van der Waals surface area contributed by atoms with E-state index in [1.54, 1.807) is 12.1 Å². The van der Waals surface area contributed by atoms with Crippen molar-refractivity contribution in [2.75, 3.05) is 6.61 Å². The van der Waals surface area contributed by atoms with E-state index in [4.69, 9.17) is 4.74 Å². The monoisotopic (exact) mass is 277 g/mol. The molecule has 111 valence electrons. The normalized spacial score (nSPS) is 12.3. The second-order valence-corrected chi connectivity index (χ2v) is 7.06. The number of ether oxygens (including phenoxy) is 1. The van der Waals surface area contributed by atoms with Crippen LogP contribution in [0.4, 0.5) is 0 Å². The van der Waals surface area contributed by atoms with Crippen LogP contribution in [0.5, 0.6) is 5.75 Å². The molecule has 0 amide bonds. The molecule has 0 fully saturated rings. The lowest BCUT2D eigenvalue weighted by molar-refractivity contribution is 0.0547. The highest BCUT2D eigenvalue weighted by Crippen LogP contribution is 2.39. The quantitative estimate of drug-likeness (QED) is 0.832. The van der Waals surface area contributed by atoms with Crippen LogP contribution in [-0.2, 0) is 15.6 Å². The minimum Gasteiger partial charge on any atom is -0.507 e. The van der Waals surface area contributed by atoms with Crippen molar-refractivity contribution >= 4 is 5.97 Å². The first-order valence-corrected chi connectivity index (χ1v) is 6.83. The van der Waals surface area contributed by atoms with E-state index in [1.165, 1.54) is 0 Å². The summed E-state index contributed by atoms with van der Waals surface area (Å²) >= 11 is 0. The van der Waals surface area contributed by atoms with Gasteiger partial charge in [0, 0.05) is 11.1 Å². The smallest absolute Gasteiger partial charge is 0.338 e. The molecule has 20 heavy (non-hydrogen) atoms. The molecule has 0 unspecified atom stereocenters. The van der Waals surface area contributed by atoms with Crippen molar-refractivity contribution in [3.05, 3.63) is 35.7 Å². The third-order valence-corrected chi connectivity index (χ3v) is 3.19. The molecule has 0 spiro atoms. The Balaban J connectivity index is 3.55. The molecule has 0 bridgehead atoms. The Morgan fingerprint density at radius 1 is 1.10 bits per heavy atom. The zero-order valence-electron chi connectivity index (χ0n) is 13.3. The Morgan fingerprint density at radius 2 is 1.50 bits per heavy atom. The Hall–Kier alpha value is -1.51. The van der Waals surface area contributed by atoms with Gasteiger partial charge in [0.1, 0.15) is 5.75 Å². The summed E-state index contributed by atoms with van der Waals surface area (Å²) in [6, 6.07) is 3.42. The fourth-order valence-electron chi connectivity index (χ4n) is 2.07. The first kappa shape index (κ1) is 16.5. The van der Waals surface area contributed by atoms with Gasteiger partial charge in [0.05, 0.1) is 12.2 Å². The van der Waals surface area contributed by atoms with Gasteiger partial charge in [0.2, 0.25) is 0 Å². The lowest BCUT2D eigenvalue weighted by Crippen LogP contribution is -2.19. The number of phenols is 1. The maximum absolute atomic E-state index is 12.0. The minimum atomic E-state index is -0.406. The molecule has 0 aliphatic rings. The number of carbonyl (C=O) groups excluding carboxylic acids is 1. The SMILES string of the molecule is [CH2]COC(=O)c1cc(C(C)(C)C)c(O)c(C(C)(C)C)c1. The van der Waals surface area contributed by atoms with Gasteiger partial charge in [-0.25, -0.2) is 4.79 Å². The molecule has 0 aromatic heterocycles. The number of carbonyl (C=O) groups is 1. The maximum atomic E-state index is 12.0. The van der Waals surface area contributed by atoms with Crippen LogP contribution in [0, 0.1) is 6.92 Å². The molecule has 0 heterocycles. The summed E-state index contributed by atoms with van der Waals surface area (Å²) in [5.41, 5.74) is 1.44. The van der Waals surface area contributed by atoms with Gasteiger partial charge < -0.3 is 9.84 Å². The van der Waals surface area contributed by atoms with E-state index in [9.17, 15) is 9.90 Å². The van der Waals surface area contributed by atoms with Gasteiger partial charge >= 0.3 is 5.97 Å². The molecule has 0 aliphatic heterocycles. The molecular formula is C17H25O3. The first-order chi connectivity index (χ1) is 8.98. The summed E-state index contributed by atoms with van der Waals surface area (Å²) in [5, 5.41) is 10.5. The van der Waals surface area contributed by atoms with Gasteiger partial charge in [0.15, 0.2) is 0 Å². The van der Waals surface area contributed by atoms with Crippen LogP contribution in [0.3, 0.4) is 0 Å². The number of hydrogen-bond acceptors (Lipinski definition) is 3. The van der Waals surface area contributed by atoms with Crippen LogP contribution >= 0.6 is 0 Å². The fraction of sp³-hybridized carbons (Fsp3) is 0.529. The minimum absolute atomic E-state index is 0.0927.